The highest BCUT2D eigenvalue weighted by atomic mass is 15.4. The van der Waals surface area contributed by atoms with Crippen LogP contribution in [0.2, 0.25) is 0 Å². The van der Waals surface area contributed by atoms with E-state index < -0.39 is 0 Å². The summed E-state index contributed by atoms with van der Waals surface area (Å²) in [5.74, 6) is 1.25. The zero-order chi connectivity index (χ0) is 14.9. The lowest BCUT2D eigenvalue weighted by atomic mass is 10.2. The second-order valence-electron chi connectivity index (χ2n) is 4.97. The fourth-order valence-corrected chi connectivity index (χ4v) is 2.41. The Labute approximate surface area is 126 Å². The first-order chi connectivity index (χ1) is 10.8. The topological polar surface area (TPSA) is 81.8 Å². The zero-order valence-corrected chi connectivity index (χ0v) is 11.6. The summed E-state index contributed by atoms with van der Waals surface area (Å²) < 4.78 is 1.81. The monoisotopic (exact) mass is 288 g/mol. The van der Waals surface area contributed by atoms with Crippen LogP contribution in [0.15, 0.2) is 48.5 Å². The number of benzene rings is 2. The largest absolute Gasteiger partial charge is 0.351 e. The molecule has 6 heteroatoms. The van der Waals surface area contributed by atoms with Crippen LogP contribution in [0.5, 0.6) is 0 Å². The molecule has 2 aromatic heterocycles. The Morgan fingerprint density at radius 3 is 2.82 bits per heavy atom. The van der Waals surface area contributed by atoms with Gasteiger partial charge < -0.3 is 5.32 Å². The summed E-state index contributed by atoms with van der Waals surface area (Å²) in [5.41, 5.74) is 3.43. The van der Waals surface area contributed by atoms with Crippen LogP contribution < -0.4 is 5.32 Å². The van der Waals surface area contributed by atoms with Crippen molar-refractivity contribution in [1.29, 1.82) is 5.26 Å². The van der Waals surface area contributed by atoms with Crippen molar-refractivity contribution >= 4 is 22.8 Å². The Hall–Kier alpha value is -3.33. The molecule has 0 aliphatic carbocycles. The molecule has 0 aliphatic heterocycles. The average molecular weight is 288 g/mol. The lowest BCUT2D eigenvalue weighted by Crippen LogP contribution is -2.01. The molecule has 2 N–H and O–H groups in total. The summed E-state index contributed by atoms with van der Waals surface area (Å²) in [6.07, 6.45) is 0. The number of nitrogens with zero attached hydrogens (tertiary/aromatic N) is 4. The third kappa shape index (κ3) is 2.05. The van der Waals surface area contributed by atoms with E-state index in [1.807, 2.05) is 28.8 Å². The first kappa shape index (κ1) is 12.4. The van der Waals surface area contributed by atoms with Gasteiger partial charge in [-0.05, 0) is 23.8 Å². The number of imidazole rings is 1. The van der Waals surface area contributed by atoms with E-state index in [1.165, 1.54) is 5.56 Å². The van der Waals surface area contributed by atoms with E-state index in [1.54, 1.807) is 12.1 Å². The first-order valence-corrected chi connectivity index (χ1v) is 6.89. The highest BCUT2D eigenvalue weighted by molar-refractivity contribution is 5.80. The Bertz CT molecular complexity index is 990. The summed E-state index contributed by atoms with van der Waals surface area (Å²) in [6, 6.07) is 17.6. The molecule has 0 saturated carbocycles. The highest BCUT2D eigenvalue weighted by Crippen LogP contribution is 2.18. The number of H-pyrrole nitrogens is 1. The van der Waals surface area contributed by atoms with Gasteiger partial charge in [0.05, 0.1) is 22.7 Å². The summed E-state index contributed by atoms with van der Waals surface area (Å²) in [5, 5.41) is 15.3. The number of aromatic nitrogens is 4. The van der Waals surface area contributed by atoms with Gasteiger partial charge in [-0.25, -0.2) is 9.50 Å². The Balaban J connectivity index is 1.65. The van der Waals surface area contributed by atoms with Crippen LogP contribution in [0, 0.1) is 11.3 Å². The van der Waals surface area contributed by atoms with Gasteiger partial charge in [-0.2, -0.15) is 10.2 Å². The van der Waals surface area contributed by atoms with Gasteiger partial charge >= 0.3 is 0 Å². The third-order valence-corrected chi connectivity index (χ3v) is 3.50. The van der Waals surface area contributed by atoms with Crippen molar-refractivity contribution in [1.82, 2.24) is 19.6 Å². The molecule has 6 nitrogen and oxygen atoms in total. The first-order valence-electron chi connectivity index (χ1n) is 6.89. The number of aromatic amines is 1. The summed E-state index contributed by atoms with van der Waals surface area (Å²) in [6.45, 7) is 0.689. The van der Waals surface area contributed by atoms with Gasteiger partial charge in [0.25, 0.3) is 5.78 Å². The maximum absolute atomic E-state index is 8.93. The van der Waals surface area contributed by atoms with E-state index in [-0.39, 0.29) is 0 Å². The van der Waals surface area contributed by atoms with E-state index in [0.717, 1.165) is 11.0 Å². The minimum absolute atomic E-state index is 0.584. The van der Waals surface area contributed by atoms with Crippen LogP contribution in [-0.4, -0.2) is 19.6 Å². The molecule has 22 heavy (non-hydrogen) atoms. The number of nitriles is 1. The fraction of sp³-hybridized carbons (Fsp3) is 0.0625. The smallest absolute Gasteiger partial charge is 0.253 e. The standard InChI is InChI=1S/C16H12N6/c17-9-12-6-7-14-13(8-12)19-16-20-15(21-22(14)16)18-10-11-4-2-1-3-5-11/h1-8H,10H2,(H2,18,19,20,21). The summed E-state index contributed by atoms with van der Waals surface area (Å²) in [4.78, 5) is 8.85. The molecule has 0 unspecified atom stereocenters. The maximum atomic E-state index is 8.93. The number of anilines is 1. The zero-order valence-electron chi connectivity index (χ0n) is 11.6. The van der Waals surface area contributed by atoms with Crippen molar-refractivity contribution in [2.45, 2.75) is 6.54 Å². The normalized spacial score (nSPS) is 10.9. The molecule has 0 amide bonds. The molecule has 4 rings (SSSR count). The molecule has 2 heterocycles. The van der Waals surface area contributed by atoms with Crippen molar-refractivity contribution in [3.63, 3.8) is 0 Å². The molecule has 0 bridgehead atoms. The maximum Gasteiger partial charge on any atom is 0.253 e. The SMILES string of the molecule is N#Cc1ccc2c(c1)nc1nc(NCc3ccccc3)[nH]n12. The molecule has 0 spiro atoms. The Morgan fingerprint density at radius 2 is 2.00 bits per heavy atom. The molecule has 106 valence electrons. The molecule has 4 aromatic rings. The van der Waals surface area contributed by atoms with Crippen molar-refractivity contribution in [3.05, 3.63) is 59.7 Å². The van der Waals surface area contributed by atoms with E-state index in [4.69, 9.17) is 5.26 Å². The van der Waals surface area contributed by atoms with Crippen molar-refractivity contribution in [2.24, 2.45) is 0 Å². The number of nitrogens with one attached hydrogen (secondary N) is 2. The molecular formula is C16H12N6. The van der Waals surface area contributed by atoms with Crippen molar-refractivity contribution in [2.75, 3.05) is 5.32 Å². The van der Waals surface area contributed by atoms with Gasteiger partial charge in [0.15, 0.2) is 0 Å². The minimum atomic E-state index is 0.584. The van der Waals surface area contributed by atoms with Gasteiger partial charge in [-0.15, -0.1) is 0 Å². The van der Waals surface area contributed by atoms with Gasteiger partial charge in [0, 0.05) is 6.54 Å². The second-order valence-corrected chi connectivity index (χ2v) is 4.97. The number of hydrogen-bond donors (Lipinski definition) is 2. The van der Waals surface area contributed by atoms with Crippen LogP contribution in [0.25, 0.3) is 16.8 Å². The molecule has 0 saturated heterocycles. The highest BCUT2D eigenvalue weighted by Gasteiger charge is 2.09. The van der Waals surface area contributed by atoms with Gasteiger partial charge in [-0.3, -0.25) is 5.10 Å². The van der Waals surface area contributed by atoms with E-state index in [9.17, 15) is 0 Å². The number of fused-ring (bicyclic) bond motifs is 3. The van der Waals surface area contributed by atoms with E-state index in [2.05, 4.69) is 38.6 Å². The molecule has 2 aromatic carbocycles. The molecular weight excluding hydrogens is 276 g/mol. The predicted molar refractivity (Wildman–Crippen MR) is 83.3 cm³/mol. The van der Waals surface area contributed by atoms with E-state index in [0.29, 0.717) is 23.8 Å². The van der Waals surface area contributed by atoms with Crippen LogP contribution in [0.4, 0.5) is 5.95 Å². The van der Waals surface area contributed by atoms with E-state index >= 15 is 0 Å². The molecule has 0 atom stereocenters. The Kier molecular flexibility index (Phi) is 2.76. The lowest BCUT2D eigenvalue weighted by Gasteiger charge is -2.01. The third-order valence-electron chi connectivity index (χ3n) is 3.50. The molecule has 0 fully saturated rings. The van der Waals surface area contributed by atoms with Gasteiger partial charge in [-0.1, -0.05) is 30.3 Å². The fourth-order valence-electron chi connectivity index (χ4n) is 2.41. The number of hydrogen-bond acceptors (Lipinski definition) is 4. The van der Waals surface area contributed by atoms with Gasteiger partial charge in [0.1, 0.15) is 0 Å². The lowest BCUT2D eigenvalue weighted by molar-refractivity contribution is 0.987. The van der Waals surface area contributed by atoms with Crippen molar-refractivity contribution in [3.8, 4) is 6.07 Å². The molecule has 0 aliphatic rings. The van der Waals surface area contributed by atoms with Crippen LogP contribution in [-0.2, 0) is 6.54 Å². The van der Waals surface area contributed by atoms with Crippen LogP contribution in [0.3, 0.4) is 0 Å². The quantitative estimate of drug-likeness (QED) is 0.607. The summed E-state index contributed by atoms with van der Waals surface area (Å²) >= 11 is 0. The van der Waals surface area contributed by atoms with Gasteiger partial charge in [0.2, 0.25) is 5.95 Å². The van der Waals surface area contributed by atoms with Crippen LogP contribution in [0.1, 0.15) is 11.1 Å². The van der Waals surface area contributed by atoms with Crippen LogP contribution >= 0.6 is 0 Å². The van der Waals surface area contributed by atoms with Crippen molar-refractivity contribution < 1.29 is 0 Å². The summed E-state index contributed by atoms with van der Waals surface area (Å²) in [7, 11) is 0. The number of rotatable bonds is 3. The second kappa shape index (κ2) is 4.90. The predicted octanol–water partition coefficient (Wildman–Crippen LogP) is 2.69. The Morgan fingerprint density at radius 1 is 1.14 bits per heavy atom. The minimum Gasteiger partial charge on any atom is -0.351 e. The molecule has 0 radical (unpaired) electrons. The average Bonchev–Trinajstić information content (AvgIpc) is 3.10.